The van der Waals surface area contributed by atoms with E-state index in [-0.39, 0.29) is 0 Å². The molecular weight excluding hydrogens is 244 g/mol. The Hall–Kier alpha value is -1.70. The zero-order valence-electron chi connectivity index (χ0n) is 12.4. The van der Waals surface area contributed by atoms with Crippen molar-refractivity contribution in [1.29, 1.82) is 0 Å². The van der Waals surface area contributed by atoms with Gasteiger partial charge in [-0.2, -0.15) is 0 Å². The third-order valence-electron chi connectivity index (χ3n) is 4.44. The van der Waals surface area contributed by atoms with Gasteiger partial charge in [0.1, 0.15) is 0 Å². The van der Waals surface area contributed by atoms with E-state index in [0.717, 1.165) is 11.4 Å². The molecular formula is C18H22N2. The van der Waals surface area contributed by atoms with Crippen LogP contribution in [0.4, 0.5) is 0 Å². The summed E-state index contributed by atoms with van der Waals surface area (Å²) >= 11 is 0. The first-order valence-electron chi connectivity index (χ1n) is 7.65. The Morgan fingerprint density at radius 2 is 1.70 bits per heavy atom. The highest BCUT2D eigenvalue weighted by Gasteiger charge is 2.23. The van der Waals surface area contributed by atoms with Gasteiger partial charge in [0.25, 0.3) is 0 Å². The Morgan fingerprint density at radius 3 is 2.50 bits per heavy atom. The zero-order valence-corrected chi connectivity index (χ0v) is 12.4. The molecule has 0 atom stereocenters. The molecule has 1 saturated carbocycles. The molecule has 0 aromatic heterocycles. The van der Waals surface area contributed by atoms with Crippen molar-refractivity contribution in [3.8, 4) is 0 Å². The lowest BCUT2D eigenvalue weighted by molar-refractivity contribution is 0.439. The van der Waals surface area contributed by atoms with Gasteiger partial charge in [0.2, 0.25) is 0 Å². The number of hydrogen-bond acceptors (Lipinski definition) is 2. The predicted molar refractivity (Wildman–Crippen MR) is 85.5 cm³/mol. The minimum Gasteiger partial charge on any atom is -0.259 e. The fourth-order valence-corrected chi connectivity index (χ4v) is 3.11. The number of rotatable bonds is 1. The normalized spacial score (nSPS) is 20.2. The van der Waals surface area contributed by atoms with E-state index in [1.54, 1.807) is 0 Å². The molecule has 0 radical (unpaired) electrons. The number of fused-ring (bicyclic) bond motifs is 1. The van der Waals surface area contributed by atoms with Crippen LogP contribution in [0.1, 0.15) is 57.1 Å². The summed E-state index contributed by atoms with van der Waals surface area (Å²) < 4.78 is 0. The SMILES string of the molecule is CC1=C(C)N=C(C2CCCCC2)c2ccccc2C=N1. The lowest BCUT2D eigenvalue weighted by Gasteiger charge is -2.25. The largest absolute Gasteiger partial charge is 0.259 e. The second-order valence-corrected chi connectivity index (χ2v) is 5.85. The Bertz CT molecular complexity index is 587. The average molecular weight is 266 g/mol. The molecule has 1 aliphatic heterocycles. The number of benzene rings is 1. The molecule has 0 saturated heterocycles. The van der Waals surface area contributed by atoms with Gasteiger partial charge in [0.15, 0.2) is 0 Å². The maximum Gasteiger partial charge on any atom is 0.0587 e. The monoisotopic (exact) mass is 266 g/mol. The fraction of sp³-hybridized carbons (Fsp3) is 0.444. The highest BCUT2D eigenvalue weighted by atomic mass is 14.8. The van der Waals surface area contributed by atoms with Crippen LogP contribution >= 0.6 is 0 Å². The van der Waals surface area contributed by atoms with Gasteiger partial charge in [-0.15, -0.1) is 0 Å². The van der Waals surface area contributed by atoms with Crippen LogP contribution < -0.4 is 0 Å². The molecule has 2 aliphatic rings. The first-order chi connectivity index (χ1) is 9.75. The third kappa shape index (κ3) is 2.60. The van der Waals surface area contributed by atoms with E-state index in [0.29, 0.717) is 5.92 Å². The van der Waals surface area contributed by atoms with Gasteiger partial charge >= 0.3 is 0 Å². The number of allylic oxidation sites excluding steroid dienone is 2. The summed E-state index contributed by atoms with van der Waals surface area (Å²) in [5, 5.41) is 0. The standard InChI is InChI=1S/C18H22N2/c1-13-14(2)20-18(15-8-4-3-5-9-15)17-11-7-6-10-16(17)12-19-13/h6-7,10-12,15H,3-5,8-9H2,1-2H3. The molecule has 0 bridgehead atoms. The Balaban J connectivity index is 2.10. The van der Waals surface area contributed by atoms with E-state index in [1.807, 2.05) is 13.1 Å². The summed E-state index contributed by atoms with van der Waals surface area (Å²) in [4.78, 5) is 9.50. The minimum atomic E-state index is 0.610. The van der Waals surface area contributed by atoms with Gasteiger partial charge in [0.05, 0.1) is 17.1 Å². The second kappa shape index (κ2) is 5.74. The van der Waals surface area contributed by atoms with Crippen LogP contribution in [0, 0.1) is 5.92 Å². The second-order valence-electron chi connectivity index (χ2n) is 5.85. The molecule has 1 fully saturated rings. The van der Waals surface area contributed by atoms with Gasteiger partial charge in [0, 0.05) is 23.3 Å². The average Bonchev–Trinajstić information content (AvgIpc) is 2.50. The predicted octanol–water partition coefficient (Wildman–Crippen LogP) is 4.74. The first kappa shape index (κ1) is 13.3. The Labute approximate surface area is 121 Å². The van der Waals surface area contributed by atoms with Crippen LogP contribution in [0.2, 0.25) is 0 Å². The highest BCUT2D eigenvalue weighted by molar-refractivity contribution is 6.08. The van der Waals surface area contributed by atoms with E-state index in [4.69, 9.17) is 4.99 Å². The summed E-state index contributed by atoms with van der Waals surface area (Å²) in [5.74, 6) is 0.610. The van der Waals surface area contributed by atoms with E-state index < -0.39 is 0 Å². The molecule has 1 aliphatic carbocycles. The molecule has 104 valence electrons. The third-order valence-corrected chi connectivity index (χ3v) is 4.44. The van der Waals surface area contributed by atoms with E-state index in [1.165, 1.54) is 48.9 Å². The van der Waals surface area contributed by atoms with Crippen molar-refractivity contribution < 1.29 is 0 Å². The van der Waals surface area contributed by atoms with Crippen LogP contribution in [-0.4, -0.2) is 11.9 Å². The lowest BCUT2D eigenvalue weighted by atomic mass is 9.82. The molecule has 0 unspecified atom stereocenters. The summed E-state index contributed by atoms with van der Waals surface area (Å²) in [6.45, 7) is 4.12. The topological polar surface area (TPSA) is 24.7 Å². The van der Waals surface area contributed by atoms with E-state index >= 15 is 0 Å². The molecule has 3 rings (SSSR count). The molecule has 2 heteroatoms. The van der Waals surface area contributed by atoms with Gasteiger partial charge in [-0.25, -0.2) is 0 Å². The van der Waals surface area contributed by atoms with Crippen LogP contribution in [0.15, 0.2) is 45.6 Å². The van der Waals surface area contributed by atoms with Crippen LogP contribution in [0.3, 0.4) is 0 Å². The molecule has 0 N–H and O–H groups in total. The molecule has 20 heavy (non-hydrogen) atoms. The quantitative estimate of drug-likeness (QED) is 0.701. The van der Waals surface area contributed by atoms with Crippen molar-refractivity contribution in [2.75, 3.05) is 0 Å². The van der Waals surface area contributed by atoms with Crippen LogP contribution in [0.25, 0.3) is 0 Å². The van der Waals surface area contributed by atoms with Gasteiger partial charge in [-0.1, -0.05) is 43.5 Å². The molecule has 0 amide bonds. The van der Waals surface area contributed by atoms with Crippen molar-refractivity contribution in [2.45, 2.75) is 46.0 Å². The summed E-state index contributed by atoms with van der Waals surface area (Å²) in [6.07, 6.45) is 8.59. The molecule has 1 heterocycles. The van der Waals surface area contributed by atoms with Crippen molar-refractivity contribution in [1.82, 2.24) is 0 Å². The maximum atomic E-state index is 4.96. The smallest absolute Gasteiger partial charge is 0.0587 e. The molecule has 2 nitrogen and oxygen atoms in total. The first-order valence-corrected chi connectivity index (χ1v) is 7.65. The van der Waals surface area contributed by atoms with Crippen molar-refractivity contribution in [3.05, 3.63) is 46.8 Å². The molecule has 0 spiro atoms. The molecule has 1 aromatic carbocycles. The van der Waals surface area contributed by atoms with Crippen molar-refractivity contribution >= 4 is 11.9 Å². The minimum absolute atomic E-state index is 0.610. The number of aliphatic imine (C=N–C) groups is 2. The number of hydrogen-bond donors (Lipinski definition) is 0. The van der Waals surface area contributed by atoms with Gasteiger partial charge in [-0.05, 0) is 26.7 Å². The van der Waals surface area contributed by atoms with E-state index in [9.17, 15) is 0 Å². The van der Waals surface area contributed by atoms with Crippen molar-refractivity contribution in [2.24, 2.45) is 15.9 Å². The summed E-state index contributed by atoms with van der Waals surface area (Å²) in [5.41, 5.74) is 5.83. The van der Waals surface area contributed by atoms with Gasteiger partial charge < -0.3 is 0 Å². The molecule has 1 aromatic rings. The lowest BCUT2D eigenvalue weighted by Crippen LogP contribution is -2.21. The zero-order chi connectivity index (χ0) is 13.9. The highest BCUT2D eigenvalue weighted by Crippen LogP contribution is 2.30. The Kier molecular flexibility index (Phi) is 3.81. The maximum absolute atomic E-state index is 4.96. The van der Waals surface area contributed by atoms with Crippen LogP contribution in [0.5, 0.6) is 0 Å². The number of nitrogens with zero attached hydrogens (tertiary/aromatic N) is 2. The fourth-order valence-electron chi connectivity index (χ4n) is 3.11. The van der Waals surface area contributed by atoms with E-state index in [2.05, 4.69) is 36.2 Å². The Morgan fingerprint density at radius 1 is 0.950 bits per heavy atom. The van der Waals surface area contributed by atoms with Crippen LogP contribution in [-0.2, 0) is 0 Å². The summed E-state index contributed by atoms with van der Waals surface area (Å²) in [7, 11) is 0. The summed E-state index contributed by atoms with van der Waals surface area (Å²) in [6, 6.07) is 8.53. The van der Waals surface area contributed by atoms with Gasteiger partial charge in [-0.3, -0.25) is 9.98 Å². The van der Waals surface area contributed by atoms with Crippen molar-refractivity contribution in [3.63, 3.8) is 0 Å².